The van der Waals surface area contributed by atoms with Crippen molar-refractivity contribution in [3.8, 4) is 5.75 Å². The van der Waals surface area contributed by atoms with Crippen LogP contribution in [-0.2, 0) is 14.3 Å². The molecule has 0 aromatic heterocycles. The molecule has 1 aliphatic heterocycles. The molecule has 0 fully saturated rings. The monoisotopic (exact) mass is 497 g/mol. The zero-order valence-electron chi connectivity index (χ0n) is 18.0. The number of carbonyl (C=O) groups excluding carboxylic acids is 3. The van der Waals surface area contributed by atoms with Gasteiger partial charge in [-0.3, -0.25) is 9.59 Å². The van der Waals surface area contributed by atoms with Crippen molar-refractivity contribution in [3.63, 3.8) is 0 Å². The molecule has 2 aromatic carbocycles. The molecule has 1 unspecified atom stereocenters. The summed E-state index contributed by atoms with van der Waals surface area (Å²) < 4.78 is 46.1. The van der Waals surface area contributed by atoms with Gasteiger partial charge in [-0.15, -0.1) is 13.2 Å². The fraction of sp³-hybridized carbons (Fsp3) is 0.273. The highest BCUT2D eigenvalue weighted by Crippen LogP contribution is 2.34. The summed E-state index contributed by atoms with van der Waals surface area (Å²) in [5.74, 6) is -1.14. The van der Waals surface area contributed by atoms with Crippen LogP contribution >= 0.6 is 11.6 Å². The first kappa shape index (κ1) is 25.0. The molecule has 0 spiro atoms. The molecule has 180 valence electrons. The molecule has 3 rings (SSSR count). The van der Waals surface area contributed by atoms with E-state index in [-0.39, 0.29) is 31.0 Å². The minimum atomic E-state index is -4.89. The Kier molecular flexibility index (Phi) is 7.15. The largest absolute Gasteiger partial charge is 0.573 e. The zero-order valence-corrected chi connectivity index (χ0v) is 18.8. The van der Waals surface area contributed by atoms with Crippen molar-refractivity contribution in [2.45, 2.75) is 20.2 Å². The van der Waals surface area contributed by atoms with E-state index in [1.165, 1.54) is 0 Å². The molecule has 0 saturated carbocycles. The topological polar surface area (TPSA) is 88.5 Å². The maximum atomic E-state index is 13.1. The molecule has 2 aromatic rings. The van der Waals surface area contributed by atoms with E-state index in [4.69, 9.17) is 16.3 Å². The van der Waals surface area contributed by atoms with Gasteiger partial charge in [0, 0.05) is 5.02 Å². The molecule has 1 atom stereocenters. The third-order valence-electron chi connectivity index (χ3n) is 4.93. The number of benzene rings is 2. The molecule has 3 amide bonds. The number of carbonyl (C=O) groups is 3. The van der Waals surface area contributed by atoms with Crippen LogP contribution in [0.15, 0.2) is 53.6 Å². The predicted octanol–water partition coefficient (Wildman–Crippen LogP) is 4.61. The Morgan fingerprint density at radius 2 is 1.79 bits per heavy atom. The number of anilines is 1. The number of hydrogen-bond donors (Lipinski definition) is 0. The first-order valence-corrected chi connectivity index (χ1v) is 10.3. The maximum absolute atomic E-state index is 13.1. The number of ether oxygens (including phenoxy) is 2. The summed E-state index contributed by atoms with van der Waals surface area (Å²) in [7, 11) is 0. The Hall–Kier alpha value is -3.60. The van der Waals surface area contributed by atoms with Crippen molar-refractivity contribution in [1.29, 1.82) is 0 Å². The second-order valence-electron chi connectivity index (χ2n) is 7.37. The molecule has 1 aliphatic rings. The van der Waals surface area contributed by atoms with Gasteiger partial charge < -0.3 is 9.47 Å². The number of halogens is 4. The molecule has 0 N–H and O–H groups in total. The van der Waals surface area contributed by atoms with E-state index in [1.54, 1.807) is 38.1 Å². The van der Waals surface area contributed by atoms with Gasteiger partial charge in [0.15, 0.2) is 0 Å². The lowest BCUT2D eigenvalue weighted by molar-refractivity contribution is -0.274. The lowest BCUT2D eigenvalue weighted by atomic mass is 9.82. The van der Waals surface area contributed by atoms with E-state index in [1.807, 2.05) is 0 Å². The molecule has 34 heavy (non-hydrogen) atoms. The van der Waals surface area contributed by atoms with Crippen molar-refractivity contribution >= 4 is 41.4 Å². The van der Waals surface area contributed by atoms with Gasteiger partial charge in [0.05, 0.1) is 24.6 Å². The molecule has 0 aliphatic carbocycles. The van der Waals surface area contributed by atoms with Gasteiger partial charge in [0.25, 0.3) is 0 Å². The highest BCUT2D eigenvalue weighted by atomic mass is 35.5. The Morgan fingerprint density at radius 1 is 1.18 bits per heavy atom. The number of nitrogens with zero attached hydrogens (tertiary/aromatic N) is 3. The normalized spacial score (nSPS) is 17.7. The van der Waals surface area contributed by atoms with E-state index in [0.29, 0.717) is 15.5 Å². The number of esters is 1. The molecular weight excluding hydrogens is 479 g/mol. The maximum Gasteiger partial charge on any atom is 0.573 e. The Balaban J connectivity index is 1.92. The average molecular weight is 498 g/mol. The third kappa shape index (κ3) is 5.30. The van der Waals surface area contributed by atoms with E-state index in [9.17, 15) is 27.6 Å². The fourth-order valence-electron chi connectivity index (χ4n) is 3.34. The van der Waals surface area contributed by atoms with E-state index < -0.39 is 29.5 Å². The van der Waals surface area contributed by atoms with Gasteiger partial charge in [-0.05, 0) is 55.8 Å². The van der Waals surface area contributed by atoms with Gasteiger partial charge in [-0.25, -0.2) is 14.7 Å². The molecule has 1 heterocycles. The number of alkyl halides is 3. The SMILES string of the molecule is CCOC(=O)C1(C)CN(C(=O)N(C=O)c2ccc(OC(F)(F)F)cc2)N=C1c1ccc(Cl)cc1. The van der Waals surface area contributed by atoms with Crippen molar-refractivity contribution in [3.05, 3.63) is 59.1 Å². The van der Waals surface area contributed by atoms with Crippen LogP contribution in [0.2, 0.25) is 5.02 Å². The molecular formula is C22H19ClF3N3O5. The van der Waals surface area contributed by atoms with E-state index >= 15 is 0 Å². The average Bonchev–Trinajstić information content (AvgIpc) is 3.14. The van der Waals surface area contributed by atoms with Crippen LogP contribution in [0.5, 0.6) is 5.75 Å². The molecule has 0 bridgehead atoms. The third-order valence-corrected chi connectivity index (χ3v) is 5.19. The Labute approximate surface area is 197 Å². The van der Waals surface area contributed by atoms with Gasteiger partial charge in [0.1, 0.15) is 11.2 Å². The quantitative estimate of drug-likeness (QED) is 0.429. The Morgan fingerprint density at radius 3 is 2.32 bits per heavy atom. The Bertz CT molecular complexity index is 1110. The molecule has 8 nitrogen and oxygen atoms in total. The predicted molar refractivity (Wildman–Crippen MR) is 116 cm³/mol. The summed E-state index contributed by atoms with van der Waals surface area (Å²) in [4.78, 5) is 38.3. The molecule has 0 saturated heterocycles. The van der Waals surface area contributed by atoms with Crippen LogP contribution in [0.1, 0.15) is 19.4 Å². The summed E-state index contributed by atoms with van der Waals surface area (Å²) >= 11 is 5.94. The first-order chi connectivity index (χ1) is 16.0. The summed E-state index contributed by atoms with van der Waals surface area (Å²) in [6, 6.07) is 9.67. The summed E-state index contributed by atoms with van der Waals surface area (Å²) in [6.07, 6.45) is -4.69. The van der Waals surface area contributed by atoms with Gasteiger partial charge in [0.2, 0.25) is 6.41 Å². The lowest BCUT2D eigenvalue weighted by Gasteiger charge is -2.25. The number of hydrogen-bond acceptors (Lipinski definition) is 6. The standard InChI is InChI=1S/C22H19ClF3N3O5/c1-3-33-19(31)21(2)12-29(27-18(21)14-4-6-15(23)7-5-14)20(32)28(13-30)16-8-10-17(11-9-16)34-22(24,25)26/h4-11,13H,3,12H2,1-2H3. The second kappa shape index (κ2) is 9.72. The summed E-state index contributed by atoms with van der Waals surface area (Å²) in [5.41, 5.74) is -0.627. The van der Waals surface area contributed by atoms with E-state index in [0.717, 1.165) is 29.3 Å². The molecule has 12 heteroatoms. The molecule has 0 radical (unpaired) electrons. The number of amides is 3. The number of hydrazone groups is 1. The van der Waals surface area contributed by atoms with Crippen LogP contribution in [-0.4, -0.2) is 48.6 Å². The van der Waals surface area contributed by atoms with Crippen LogP contribution in [0, 0.1) is 5.41 Å². The van der Waals surface area contributed by atoms with Gasteiger partial charge in [-0.1, -0.05) is 23.7 Å². The highest BCUT2D eigenvalue weighted by molar-refractivity contribution is 6.30. The van der Waals surface area contributed by atoms with Crippen molar-refractivity contribution in [2.75, 3.05) is 18.1 Å². The first-order valence-electron chi connectivity index (χ1n) is 9.92. The van der Waals surface area contributed by atoms with Crippen molar-refractivity contribution in [1.82, 2.24) is 5.01 Å². The van der Waals surface area contributed by atoms with Crippen LogP contribution in [0.4, 0.5) is 23.7 Å². The van der Waals surface area contributed by atoms with Crippen LogP contribution < -0.4 is 9.64 Å². The van der Waals surface area contributed by atoms with Crippen molar-refractivity contribution in [2.24, 2.45) is 10.5 Å². The lowest BCUT2D eigenvalue weighted by Crippen LogP contribution is -2.45. The number of rotatable bonds is 6. The number of imide groups is 1. The fourth-order valence-corrected chi connectivity index (χ4v) is 3.46. The van der Waals surface area contributed by atoms with Crippen molar-refractivity contribution < 1.29 is 37.0 Å². The smallest absolute Gasteiger partial charge is 0.465 e. The van der Waals surface area contributed by atoms with Gasteiger partial charge >= 0.3 is 18.4 Å². The summed E-state index contributed by atoms with van der Waals surface area (Å²) in [6.45, 7) is 3.06. The van der Waals surface area contributed by atoms with E-state index in [2.05, 4.69) is 9.84 Å². The summed E-state index contributed by atoms with van der Waals surface area (Å²) in [5, 5.41) is 5.67. The van der Waals surface area contributed by atoms with Crippen LogP contribution in [0.3, 0.4) is 0 Å². The van der Waals surface area contributed by atoms with Crippen LogP contribution in [0.25, 0.3) is 0 Å². The second-order valence-corrected chi connectivity index (χ2v) is 7.80. The van der Waals surface area contributed by atoms with Gasteiger partial charge in [-0.2, -0.15) is 5.10 Å². The minimum absolute atomic E-state index is 0.0255. The highest BCUT2D eigenvalue weighted by Gasteiger charge is 2.49. The zero-order chi connectivity index (χ0) is 25.1. The number of urea groups is 1. The minimum Gasteiger partial charge on any atom is -0.465 e.